The minimum Gasteiger partial charge on any atom is -0.382 e. The van der Waals surface area contributed by atoms with Crippen molar-refractivity contribution < 1.29 is 0 Å². The van der Waals surface area contributed by atoms with Crippen LogP contribution in [0.3, 0.4) is 0 Å². The first kappa shape index (κ1) is 15.2. The molecule has 2 rings (SSSR count). The van der Waals surface area contributed by atoms with Crippen LogP contribution in [0.25, 0.3) is 0 Å². The van der Waals surface area contributed by atoms with Gasteiger partial charge in [-0.05, 0) is 63.8 Å². The molecule has 1 heterocycles. The minimum absolute atomic E-state index is 0.570. The van der Waals surface area contributed by atoms with Crippen LogP contribution >= 0.6 is 0 Å². The molecule has 0 fully saturated rings. The van der Waals surface area contributed by atoms with Gasteiger partial charge in [-0.1, -0.05) is 19.8 Å². The predicted octanol–water partition coefficient (Wildman–Crippen LogP) is 4.84. The first-order valence-electron chi connectivity index (χ1n) is 8.28. The van der Waals surface area contributed by atoms with Gasteiger partial charge in [-0.15, -0.1) is 0 Å². The van der Waals surface area contributed by atoms with Gasteiger partial charge in [0.1, 0.15) is 0 Å². The molecule has 0 bridgehead atoms. The molecule has 2 nitrogen and oxygen atoms in total. The number of hydrogen-bond donors (Lipinski definition) is 1. The molecule has 1 aromatic carbocycles. The van der Waals surface area contributed by atoms with Crippen LogP contribution in [0.15, 0.2) is 18.2 Å². The van der Waals surface area contributed by atoms with Crippen LogP contribution in [0.1, 0.15) is 58.9 Å². The van der Waals surface area contributed by atoms with Crippen molar-refractivity contribution in [2.75, 3.05) is 16.8 Å². The number of rotatable bonds is 6. The van der Waals surface area contributed by atoms with Crippen molar-refractivity contribution in [3.63, 3.8) is 0 Å². The highest BCUT2D eigenvalue weighted by Gasteiger charge is 2.17. The van der Waals surface area contributed by atoms with E-state index in [9.17, 15) is 0 Å². The van der Waals surface area contributed by atoms with Gasteiger partial charge in [-0.25, -0.2) is 0 Å². The van der Waals surface area contributed by atoms with E-state index in [1.165, 1.54) is 55.6 Å². The van der Waals surface area contributed by atoms with Crippen molar-refractivity contribution >= 4 is 11.4 Å². The van der Waals surface area contributed by atoms with Gasteiger partial charge in [0.25, 0.3) is 0 Å². The van der Waals surface area contributed by atoms with Gasteiger partial charge in [0.2, 0.25) is 0 Å². The Balaban J connectivity index is 2.13. The molecule has 1 N–H and O–H groups in total. The second-order valence-corrected chi connectivity index (χ2v) is 6.42. The Kier molecular flexibility index (Phi) is 5.33. The molecule has 1 aromatic rings. The highest BCUT2D eigenvalue weighted by molar-refractivity contribution is 5.62. The molecule has 1 atom stereocenters. The summed E-state index contributed by atoms with van der Waals surface area (Å²) in [5, 5.41) is 3.59. The van der Waals surface area contributed by atoms with Crippen molar-refractivity contribution in [1.82, 2.24) is 0 Å². The van der Waals surface area contributed by atoms with Gasteiger partial charge < -0.3 is 10.2 Å². The van der Waals surface area contributed by atoms with Crippen LogP contribution in [-0.4, -0.2) is 18.6 Å². The van der Waals surface area contributed by atoms with E-state index in [1.54, 1.807) is 0 Å². The van der Waals surface area contributed by atoms with E-state index in [1.807, 2.05) is 0 Å². The number of benzene rings is 1. The second kappa shape index (κ2) is 7.01. The molecule has 112 valence electrons. The van der Waals surface area contributed by atoms with Gasteiger partial charge in [-0.2, -0.15) is 0 Å². The Morgan fingerprint density at radius 2 is 2.10 bits per heavy atom. The molecular weight excluding hydrogens is 244 g/mol. The summed E-state index contributed by atoms with van der Waals surface area (Å²) in [7, 11) is 0. The van der Waals surface area contributed by atoms with E-state index in [0.717, 1.165) is 0 Å². The number of fused-ring (bicyclic) bond motifs is 1. The number of nitrogens with zero attached hydrogens (tertiary/aromatic N) is 1. The van der Waals surface area contributed by atoms with Crippen LogP contribution in [0, 0.1) is 0 Å². The maximum Gasteiger partial charge on any atom is 0.0376 e. The third kappa shape index (κ3) is 3.68. The summed E-state index contributed by atoms with van der Waals surface area (Å²) in [6.45, 7) is 10.3. The molecule has 20 heavy (non-hydrogen) atoms. The van der Waals surface area contributed by atoms with E-state index in [4.69, 9.17) is 0 Å². The molecule has 0 radical (unpaired) electrons. The smallest absolute Gasteiger partial charge is 0.0376 e. The number of anilines is 2. The monoisotopic (exact) mass is 274 g/mol. The number of aryl methyl sites for hydroxylation is 1. The number of hydrogen-bond acceptors (Lipinski definition) is 2. The van der Waals surface area contributed by atoms with Crippen LogP contribution in [0.2, 0.25) is 0 Å². The fourth-order valence-corrected chi connectivity index (χ4v) is 3.03. The maximum atomic E-state index is 3.59. The zero-order chi connectivity index (χ0) is 14.5. The van der Waals surface area contributed by atoms with Gasteiger partial charge in [0.05, 0.1) is 0 Å². The second-order valence-electron chi connectivity index (χ2n) is 6.42. The Morgan fingerprint density at radius 1 is 1.30 bits per heavy atom. The molecule has 2 heteroatoms. The van der Waals surface area contributed by atoms with E-state index in [0.29, 0.717) is 12.1 Å². The molecule has 0 aromatic heterocycles. The lowest BCUT2D eigenvalue weighted by atomic mass is 9.98. The SMILES string of the molecule is CCCCCN(c1ccc2c(c1)CCC(C)N2)C(C)C. The van der Waals surface area contributed by atoms with Crippen LogP contribution in [0.5, 0.6) is 0 Å². The van der Waals surface area contributed by atoms with Crippen LogP contribution < -0.4 is 10.2 Å². The quantitative estimate of drug-likeness (QED) is 0.747. The average Bonchev–Trinajstić information content (AvgIpc) is 2.43. The summed E-state index contributed by atoms with van der Waals surface area (Å²) in [5.74, 6) is 0. The fraction of sp³-hybridized carbons (Fsp3) is 0.667. The average molecular weight is 274 g/mol. The van der Waals surface area contributed by atoms with Crippen LogP contribution in [0.4, 0.5) is 11.4 Å². The maximum absolute atomic E-state index is 3.59. The Hall–Kier alpha value is -1.18. The van der Waals surface area contributed by atoms with Gasteiger partial charge in [0, 0.05) is 30.0 Å². The summed E-state index contributed by atoms with van der Waals surface area (Å²) in [4.78, 5) is 2.55. The number of unbranched alkanes of at least 4 members (excludes halogenated alkanes) is 2. The van der Waals surface area contributed by atoms with E-state index in [2.05, 4.69) is 56.1 Å². The van der Waals surface area contributed by atoms with Gasteiger partial charge >= 0.3 is 0 Å². The molecule has 0 aliphatic carbocycles. The first-order valence-corrected chi connectivity index (χ1v) is 8.28. The largest absolute Gasteiger partial charge is 0.382 e. The number of nitrogens with one attached hydrogen (secondary N) is 1. The zero-order valence-corrected chi connectivity index (χ0v) is 13.6. The molecule has 0 amide bonds. The third-order valence-electron chi connectivity index (χ3n) is 4.29. The minimum atomic E-state index is 0.570. The lowest BCUT2D eigenvalue weighted by molar-refractivity contribution is 0.624. The molecule has 1 aliphatic heterocycles. The molecule has 1 unspecified atom stereocenters. The van der Waals surface area contributed by atoms with Crippen molar-refractivity contribution in [3.05, 3.63) is 23.8 Å². The summed E-state index contributed by atoms with van der Waals surface area (Å²) < 4.78 is 0. The van der Waals surface area contributed by atoms with Crippen molar-refractivity contribution in [1.29, 1.82) is 0 Å². The normalized spacial score (nSPS) is 17.8. The highest BCUT2D eigenvalue weighted by Crippen LogP contribution is 2.30. The van der Waals surface area contributed by atoms with Gasteiger partial charge in [-0.3, -0.25) is 0 Å². The Labute approximate surface area is 124 Å². The topological polar surface area (TPSA) is 15.3 Å². The summed E-state index contributed by atoms with van der Waals surface area (Å²) in [6.07, 6.45) is 6.36. The predicted molar refractivity (Wildman–Crippen MR) is 89.9 cm³/mol. The van der Waals surface area contributed by atoms with Crippen molar-refractivity contribution in [2.45, 2.75) is 71.9 Å². The Morgan fingerprint density at radius 3 is 2.80 bits per heavy atom. The summed E-state index contributed by atoms with van der Waals surface area (Å²) in [6, 6.07) is 8.14. The van der Waals surface area contributed by atoms with E-state index >= 15 is 0 Å². The lowest BCUT2D eigenvalue weighted by Crippen LogP contribution is -2.32. The van der Waals surface area contributed by atoms with Crippen molar-refractivity contribution in [2.24, 2.45) is 0 Å². The molecular formula is C18H30N2. The fourth-order valence-electron chi connectivity index (χ4n) is 3.03. The molecule has 0 saturated heterocycles. The molecule has 0 spiro atoms. The highest BCUT2D eigenvalue weighted by atomic mass is 15.1. The van der Waals surface area contributed by atoms with E-state index in [-0.39, 0.29) is 0 Å². The summed E-state index contributed by atoms with van der Waals surface area (Å²) in [5.41, 5.74) is 4.22. The standard InChI is InChI=1S/C18H30N2/c1-5-6-7-12-20(14(2)3)17-10-11-18-16(13-17)9-8-15(4)19-18/h10-11,13-15,19H,5-9,12H2,1-4H3. The summed E-state index contributed by atoms with van der Waals surface area (Å²) >= 11 is 0. The van der Waals surface area contributed by atoms with Crippen molar-refractivity contribution in [3.8, 4) is 0 Å². The molecule has 0 saturated carbocycles. The zero-order valence-electron chi connectivity index (χ0n) is 13.6. The van der Waals surface area contributed by atoms with Gasteiger partial charge in [0.15, 0.2) is 0 Å². The molecule has 1 aliphatic rings. The first-order chi connectivity index (χ1) is 9.61. The third-order valence-corrected chi connectivity index (χ3v) is 4.29. The van der Waals surface area contributed by atoms with Crippen LogP contribution in [-0.2, 0) is 6.42 Å². The van der Waals surface area contributed by atoms with E-state index < -0.39 is 0 Å². The lowest BCUT2D eigenvalue weighted by Gasteiger charge is -2.31. The Bertz CT molecular complexity index is 425.